The first kappa shape index (κ1) is 29.5. The minimum absolute atomic E-state index is 1.05. The second kappa shape index (κ2) is 12.8. The molecule has 1 heterocycles. The van der Waals surface area contributed by atoms with Crippen molar-refractivity contribution >= 4 is 33.2 Å². The van der Waals surface area contributed by atoms with E-state index in [1.807, 2.05) is 0 Å². The summed E-state index contributed by atoms with van der Waals surface area (Å²) < 4.78 is 2.40. The first-order chi connectivity index (χ1) is 24.8. The standard InChI is InChI=1S/C48H34N2/c1-4-14-34(15-5-1)36-26-30-39(31-27-36)49-44-23-12-21-41(47(44)38-18-8-3-9-19-38)42-22-13-25-46-48(42)43-20-10-11-24-45(43)50(46)40-32-28-37(29-33-40)35-16-6-2-7-17-35/h1-33,49H. The van der Waals surface area contributed by atoms with Crippen LogP contribution in [0.1, 0.15) is 0 Å². The highest BCUT2D eigenvalue weighted by atomic mass is 15.0. The number of aromatic nitrogens is 1. The van der Waals surface area contributed by atoms with Crippen LogP contribution in [0.25, 0.3) is 72.0 Å². The second-order valence-corrected chi connectivity index (χ2v) is 12.6. The fourth-order valence-electron chi connectivity index (χ4n) is 7.28. The molecule has 9 aromatic rings. The van der Waals surface area contributed by atoms with Crippen LogP contribution < -0.4 is 5.32 Å². The maximum absolute atomic E-state index is 3.79. The summed E-state index contributed by atoms with van der Waals surface area (Å²) in [5.74, 6) is 0. The van der Waals surface area contributed by atoms with Gasteiger partial charge in [-0.2, -0.15) is 0 Å². The van der Waals surface area contributed by atoms with Gasteiger partial charge in [0.1, 0.15) is 0 Å². The molecule has 0 aliphatic rings. The van der Waals surface area contributed by atoms with Crippen molar-refractivity contribution in [2.75, 3.05) is 5.32 Å². The summed E-state index contributed by atoms with van der Waals surface area (Å²) in [5, 5.41) is 6.27. The normalized spacial score (nSPS) is 11.2. The highest BCUT2D eigenvalue weighted by molar-refractivity contribution is 6.17. The Labute approximate surface area is 292 Å². The Hall–Kier alpha value is -6.64. The summed E-state index contributed by atoms with van der Waals surface area (Å²) in [6.07, 6.45) is 0. The van der Waals surface area contributed by atoms with Crippen molar-refractivity contribution in [2.24, 2.45) is 0 Å². The van der Waals surface area contributed by atoms with E-state index in [0.717, 1.165) is 17.1 Å². The van der Waals surface area contributed by atoms with Crippen LogP contribution in [-0.4, -0.2) is 4.57 Å². The molecule has 0 saturated carbocycles. The molecule has 0 fully saturated rings. The second-order valence-electron chi connectivity index (χ2n) is 12.6. The number of hydrogen-bond acceptors (Lipinski definition) is 1. The Morgan fingerprint density at radius 3 is 1.50 bits per heavy atom. The lowest BCUT2D eigenvalue weighted by atomic mass is 9.90. The van der Waals surface area contributed by atoms with Gasteiger partial charge in [0.15, 0.2) is 0 Å². The molecule has 8 aromatic carbocycles. The Balaban J connectivity index is 1.20. The monoisotopic (exact) mass is 638 g/mol. The SMILES string of the molecule is c1ccc(-c2ccc(Nc3cccc(-c4cccc5c4c4ccccc4n5-c4ccc(-c5ccccc5)cc4)c3-c3ccccc3)cc2)cc1. The molecule has 0 aliphatic carbocycles. The Kier molecular flexibility index (Phi) is 7.53. The van der Waals surface area contributed by atoms with E-state index in [2.05, 4.69) is 210 Å². The summed E-state index contributed by atoms with van der Waals surface area (Å²) >= 11 is 0. The number of fused-ring (bicyclic) bond motifs is 3. The van der Waals surface area contributed by atoms with Gasteiger partial charge in [0.25, 0.3) is 0 Å². The van der Waals surface area contributed by atoms with E-state index in [9.17, 15) is 0 Å². The zero-order valence-corrected chi connectivity index (χ0v) is 27.5. The van der Waals surface area contributed by atoms with E-state index in [0.29, 0.717) is 0 Å². The van der Waals surface area contributed by atoms with Crippen LogP contribution in [0.2, 0.25) is 0 Å². The van der Waals surface area contributed by atoms with Crippen molar-refractivity contribution < 1.29 is 0 Å². The molecule has 50 heavy (non-hydrogen) atoms. The third-order valence-corrected chi connectivity index (χ3v) is 9.62. The lowest BCUT2D eigenvalue weighted by Crippen LogP contribution is -1.96. The third-order valence-electron chi connectivity index (χ3n) is 9.62. The average molecular weight is 639 g/mol. The number of benzene rings is 8. The molecule has 2 heteroatoms. The molecule has 1 aromatic heterocycles. The molecular weight excluding hydrogens is 605 g/mol. The van der Waals surface area contributed by atoms with E-state index in [1.54, 1.807) is 0 Å². The van der Waals surface area contributed by atoms with Gasteiger partial charge in [-0.1, -0.05) is 158 Å². The fraction of sp³-hybridized carbons (Fsp3) is 0. The molecule has 0 amide bonds. The number of rotatable bonds is 7. The van der Waals surface area contributed by atoms with E-state index >= 15 is 0 Å². The highest BCUT2D eigenvalue weighted by Crippen LogP contribution is 2.44. The summed E-state index contributed by atoms with van der Waals surface area (Å²) in [6, 6.07) is 71.6. The number of nitrogens with one attached hydrogen (secondary N) is 1. The number of para-hydroxylation sites is 1. The van der Waals surface area contributed by atoms with Crippen molar-refractivity contribution in [3.63, 3.8) is 0 Å². The summed E-state index contributed by atoms with van der Waals surface area (Å²) in [4.78, 5) is 0. The molecule has 2 nitrogen and oxygen atoms in total. The van der Waals surface area contributed by atoms with E-state index in [-0.39, 0.29) is 0 Å². The average Bonchev–Trinajstić information content (AvgIpc) is 3.54. The quantitative estimate of drug-likeness (QED) is 0.184. The lowest BCUT2D eigenvalue weighted by molar-refractivity contribution is 1.18. The summed E-state index contributed by atoms with van der Waals surface area (Å²) in [7, 11) is 0. The van der Waals surface area contributed by atoms with Gasteiger partial charge in [-0.15, -0.1) is 0 Å². The largest absolute Gasteiger partial charge is 0.355 e. The van der Waals surface area contributed by atoms with Crippen LogP contribution in [0.3, 0.4) is 0 Å². The Bertz CT molecular complexity index is 2570. The van der Waals surface area contributed by atoms with Crippen molar-refractivity contribution in [1.29, 1.82) is 0 Å². The predicted octanol–water partition coefficient (Wildman–Crippen LogP) is 13.2. The minimum atomic E-state index is 1.05. The number of anilines is 2. The van der Waals surface area contributed by atoms with Gasteiger partial charge in [-0.3, -0.25) is 0 Å². The first-order valence-corrected chi connectivity index (χ1v) is 17.1. The topological polar surface area (TPSA) is 17.0 Å². The molecule has 0 bridgehead atoms. The fourth-order valence-corrected chi connectivity index (χ4v) is 7.28. The van der Waals surface area contributed by atoms with Crippen LogP contribution >= 0.6 is 0 Å². The van der Waals surface area contributed by atoms with Gasteiger partial charge in [0, 0.05) is 33.4 Å². The number of nitrogens with zero attached hydrogens (tertiary/aromatic N) is 1. The Morgan fingerprint density at radius 2 is 0.840 bits per heavy atom. The van der Waals surface area contributed by atoms with Crippen molar-refractivity contribution in [1.82, 2.24) is 4.57 Å². The molecular formula is C48H34N2. The van der Waals surface area contributed by atoms with Gasteiger partial charge in [-0.05, 0) is 81.4 Å². The van der Waals surface area contributed by atoms with E-state index < -0.39 is 0 Å². The third kappa shape index (κ3) is 5.34. The van der Waals surface area contributed by atoms with Crippen LogP contribution in [0.4, 0.5) is 11.4 Å². The van der Waals surface area contributed by atoms with Gasteiger partial charge < -0.3 is 9.88 Å². The van der Waals surface area contributed by atoms with Crippen molar-refractivity contribution in [2.45, 2.75) is 0 Å². The maximum atomic E-state index is 3.79. The van der Waals surface area contributed by atoms with Gasteiger partial charge in [0.05, 0.1) is 11.0 Å². The van der Waals surface area contributed by atoms with Crippen LogP contribution in [0.15, 0.2) is 200 Å². The minimum Gasteiger partial charge on any atom is -0.355 e. The zero-order valence-electron chi connectivity index (χ0n) is 27.5. The van der Waals surface area contributed by atoms with Crippen molar-refractivity contribution in [3.8, 4) is 50.2 Å². The summed E-state index contributed by atoms with van der Waals surface area (Å²) in [5.41, 5.74) is 15.2. The molecule has 236 valence electrons. The maximum Gasteiger partial charge on any atom is 0.0547 e. The zero-order chi connectivity index (χ0) is 33.3. The van der Waals surface area contributed by atoms with Gasteiger partial charge in [-0.25, -0.2) is 0 Å². The van der Waals surface area contributed by atoms with Crippen molar-refractivity contribution in [3.05, 3.63) is 200 Å². The van der Waals surface area contributed by atoms with E-state index in [4.69, 9.17) is 0 Å². The van der Waals surface area contributed by atoms with Gasteiger partial charge >= 0.3 is 0 Å². The molecule has 1 N–H and O–H groups in total. The molecule has 0 radical (unpaired) electrons. The lowest BCUT2D eigenvalue weighted by Gasteiger charge is -2.18. The van der Waals surface area contributed by atoms with E-state index in [1.165, 1.54) is 66.3 Å². The molecule has 0 atom stereocenters. The molecule has 9 rings (SSSR count). The highest BCUT2D eigenvalue weighted by Gasteiger charge is 2.20. The van der Waals surface area contributed by atoms with Crippen LogP contribution in [-0.2, 0) is 0 Å². The first-order valence-electron chi connectivity index (χ1n) is 17.1. The number of hydrogen-bond donors (Lipinski definition) is 1. The molecule has 0 aliphatic heterocycles. The molecule has 0 saturated heterocycles. The smallest absolute Gasteiger partial charge is 0.0547 e. The molecule has 0 unspecified atom stereocenters. The Morgan fingerprint density at radius 1 is 0.340 bits per heavy atom. The van der Waals surface area contributed by atoms with Gasteiger partial charge in [0.2, 0.25) is 0 Å². The van der Waals surface area contributed by atoms with Crippen LogP contribution in [0.5, 0.6) is 0 Å². The predicted molar refractivity (Wildman–Crippen MR) is 212 cm³/mol. The molecule has 0 spiro atoms. The summed E-state index contributed by atoms with van der Waals surface area (Å²) in [6.45, 7) is 0. The van der Waals surface area contributed by atoms with Crippen LogP contribution in [0, 0.1) is 0 Å².